The Morgan fingerprint density at radius 2 is 1.85 bits per heavy atom. The van der Waals surface area contributed by atoms with Crippen LogP contribution in [-0.2, 0) is 14.6 Å². The number of hydrogen-bond acceptors (Lipinski definition) is 6. The number of methoxy groups -OCH3 is 2. The monoisotopic (exact) mass is 398 g/mol. The summed E-state index contributed by atoms with van der Waals surface area (Å²) in [5, 5.41) is 2.93. The maximum absolute atomic E-state index is 12.6. The highest BCUT2D eigenvalue weighted by Crippen LogP contribution is 2.30. The van der Waals surface area contributed by atoms with Gasteiger partial charge in [-0.25, -0.2) is 8.42 Å². The molecule has 1 amide bonds. The van der Waals surface area contributed by atoms with E-state index < -0.39 is 9.84 Å². The lowest BCUT2D eigenvalue weighted by atomic mass is 9.84. The van der Waals surface area contributed by atoms with Crippen LogP contribution in [0.5, 0.6) is 11.5 Å². The second kappa shape index (κ2) is 9.94. The average molecular weight is 399 g/mol. The fraction of sp³-hybridized carbons (Fsp3) is 0.632. The maximum Gasteiger partial charge on any atom is 0.221 e. The fourth-order valence-corrected chi connectivity index (χ4v) is 4.79. The first-order valence-corrected chi connectivity index (χ1v) is 11.0. The summed E-state index contributed by atoms with van der Waals surface area (Å²) in [6.45, 7) is 0.374. The van der Waals surface area contributed by atoms with Crippen molar-refractivity contribution in [1.82, 2.24) is 5.32 Å². The highest BCUT2D eigenvalue weighted by molar-refractivity contribution is 7.91. The number of rotatable bonds is 9. The molecule has 0 aliphatic heterocycles. The molecule has 1 unspecified atom stereocenters. The molecule has 1 aliphatic carbocycles. The lowest BCUT2D eigenvalue weighted by Gasteiger charge is -2.30. The number of hydrogen-bond donors (Lipinski definition) is 2. The van der Waals surface area contributed by atoms with Crippen LogP contribution >= 0.6 is 0 Å². The first-order valence-electron chi connectivity index (χ1n) is 9.35. The van der Waals surface area contributed by atoms with E-state index in [-0.39, 0.29) is 29.0 Å². The molecule has 1 aromatic carbocycles. The molecule has 27 heavy (non-hydrogen) atoms. The molecule has 1 fully saturated rings. The van der Waals surface area contributed by atoms with E-state index >= 15 is 0 Å². The molecular weight excluding hydrogens is 368 g/mol. The van der Waals surface area contributed by atoms with Crippen LogP contribution < -0.4 is 20.5 Å². The van der Waals surface area contributed by atoms with Crippen molar-refractivity contribution in [2.45, 2.75) is 49.5 Å². The maximum atomic E-state index is 12.6. The summed E-state index contributed by atoms with van der Waals surface area (Å²) in [5.41, 5.74) is 5.83. The van der Waals surface area contributed by atoms with E-state index in [0.29, 0.717) is 24.0 Å². The van der Waals surface area contributed by atoms with Gasteiger partial charge in [-0.3, -0.25) is 4.79 Å². The zero-order valence-electron chi connectivity index (χ0n) is 16.1. The van der Waals surface area contributed by atoms with E-state index in [0.717, 1.165) is 25.7 Å². The highest BCUT2D eigenvalue weighted by Gasteiger charge is 2.25. The molecule has 7 nitrogen and oxygen atoms in total. The lowest BCUT2D eigenvalue weighted by molar-refractivity contribution is -0.121. The Balaban J connectivity index is 1.96. The molecule has 1 aromatic rings. The quantitative estimate of drug-likeness (QED) is 0.658. The van der Waals surface area contributed by atoms with Gasteiger partial charge in [-0.05, 0) is 30.9 Å². The van der Waals surface area contributed by atoms with Gasteiger partial charge in [0.2, 0.25) is 5.91 Å². The van der Waals surface area contributed by atoms with Crippen molar-refractivity contribution in [2.75, 3.05) is 26.5 Å². The number of nitrogens with two attached hydrogens (primary N) is 1. The van der Waals surface area contributed by atoms with Crippen molar-refractivity contribution in [3.8, 4) is 11.5 Å². The van der Waals surface area contributed by atoms with Crippen LogP contribution in [-0.4, -0.2) is 46.9 Å². The SMILES string of the molecule is COc1ccc(S(=O)(=O)CCC(=O)NC(CN)C2CCCCC2)cc1OC. The molecule has 0 bridgehead atoms. The minimum absolute atomic E-state index is 0.0819. The fourth-order valence-electron chi connectivity index (χ4n) is 3.54. The number of sulfone groups is 1. The number of benzene rings is 1. The predicted octanol–water partition coefficient (Wildman–Crippen LogP) is 1.89. The molecule has 152 valence electrons. The van der Waals surface area contributed by atoms with Crippen LogP contribution in [0.4, 0.5) is 0 Å². The molecule has 1 saturated carbocycles. The van der Waals surface area contributed by atoms with Gasteiger partial charge in [0.1, 0.15) is 0 Å². The molecule has 1 aliphatic rings. The summed E-state index contributed by atoms with van der Waals surface area (Å²) >= 11 is 0. The molecule has 0 spiro atoms. The van der Waals surface area contributed by atoms with Gasteiger partial charge in [-0.1, -0.05) is 19.3 Å². The van der Waals surface area contributed by atoms with Gasteiger partial charge >= 0.3 is 0 Å². The first kappa shape index (κ1) is 21.5. The predicted molar refractivity (Wildman–Crippen MR) is 104 cm³/mol. The molecule has 0 aromatic heterocycles. The van der Waals surface area contributed by atoms with Gasteiger partial charge in [-0.2, -0.15) is 0 Å². The molecule has 3 N–H and O–H groups in total. The summed E-state index contributed by atoms with van der Waals surface area (Å²) in [4.78, 5) is 12.4. The second-order valence-corrected chi connectivity index (χ2v) is 9.00. The molecule has 1 atom stereocenters. The summed E-state index contributed by atoms with van der Waals surface area (Å²) in [5.74, 6) is 0.627. The van der Waals surface area contributed by atoms with Crippen molar-refractivity contribution in [3.63, 3.8) is 0 Å². The standard InChI is InChI=1S/C19H30N2O5S/c1-25-17-9-8-15(12-18(17)26-2)27(23,24)11-10-19(22)21-16(13-20)14-6-4-3-5-7-14/h8-9,12,14,16H,3-7,10-11,13,20H2,1-2H3,(H,21,22). The van der Waals surface area contributed by atoms with Gasteiger partial charge < -0.3 is 20.5 Å². The van der Waals surface area contributed by atoms with Gasteiger partial charge in [0.25, 0.3) is 0 Å². The average Bonchev–Trinajstić information content (AvgIpc) is 2.70. The smallest absolute Gasteiger partial charge is 0.221 e. The Morgan fingerprint density at radius 1 is 1.19 bits per heavy atom. The Labute approximate surface area is 161 Å². The van der Waals surface area contributed by atoms with Gasteiger partial charge in [0.15, 0.2) is 21.3 Å². The van der Waals surface area contributed by atoms with E-state index in [2.05, 4.69) is 5.32 Å². The topological polar surface area (TPSA) is 108 Å². The summed E-state index contributed by atoms with van der Waals surface area (Å²) in [6.07, 6.45) is 5.57. The van der Waals surface area contributed by atoms with E-state index in [1.807, 2.05) is 0 Å². The Hall–Kier alpha value is -1.80. The zero-order valence-corrected chi connectivity index (χ0v) is 16.9. The van der Waals surface area contributed by atoms with Gasteiger partial charge in [0.05, 0.1) is 24.9 Å². The molecular formula is C19H30N2O5S. The lowest BCUT2D eigenvalue weighted by Crippen LogP contribution is -2.46. The Bertz CT molecular complexity index is 730. The minimum atomic E-state index is -3.61. The number of amides is 1. The van der Waals surface area contributed by atoms with Crippen molar-refractivity contribution >= 4 is 15.7 Å². The summed E-state index contributed by atoms with van der Waals surface area (Å²) in [7, 11) is -0.681. The van der Waals surface area contributed by atoms with Crippen LogP contribution in [0.25, 0.3) is 0 Å². The molecule has 2 rings (SSSR count). The minimum Gasteiger partial charge on any atom is -0.493 e. The highest BCUT2D eigenvalue weighted by atomic mass is 32.2. The van der Waals surface area contributed by atoms with Crippen molar-refractivity contribution in [3.05, 3.63) is 18.2 Å². The second-order valence-electron chi connectivity index (χ2n) is 6.89. The molecule has 8 heteroatoms. The van der Waals surface area contributed by atoms with E-state index in [1.165, 1.54) is 32.8 Å². The number of carbonyl (C=O) groups is 1. The summed E-state index contributed by atoms with van der Waals surface area (Å²) < 4.78 is 35.4. The summed E-state index contributed by atoms with van der Waals surface area (Å²) in [6, 6.07) is 4.33. The van der Waals surface area contributed by atoms with Crippen molar-refractivity contribution in [1.29, 1.82) is 0 Å². The van der Waals surface area contributed by atoms with Crippen LogP contribution in [0.2, 0.25) is 0 Å². The zero-order chi connectivity index (χ0) is 19.9. The number of ether oxygens (including phenoxy) is 2. The Morgan fingerprint density at radius 3 is 2.44 bits per heavy atom. The van der Waals surface area contributed by atoms with Crippen LogP contribution in [0.1, 0.15) is 38.5 Å². The third-order valence-corrected chi connectivity index (χ3v) is 6.84. The molecule has 0 radical (unpaired) electrons. The van der Waals surface area contributed by atoms with Crippen LogP contribution in [0.15, 0.2) is 23.1 Å². The van der Waals surface area contributed by atoms with E-state index in [1.54, 1.807) is 6.07 Å². The van der Waals surface area contributed by atoms with Crippen molar-refractivity contribution < 1.29 is 22.7 Å². The molecule has 0 heterocycles. The normalized spacial score (nSPS) is 16.6. The Kier molecular flexibility index (Phi) is 7.91. The van der Waals surface area contributed by atoms with Gasteiger partial charge in [-0.15, -0.1) is 0 Å². The molecule has 0 saturated heterocycles. The largest absolute Gasteiger partial charge is 0.493 e. The van der Waals surface area contributed by atoms with Gasteiger partial charge in [0, 0.05) is 25.1 Å². The third kappa shape index (κ3) is 5.84. The first-order chi connectivity index (χ1) is 12.9. The number of carbonyl (C=O) groups excluding carboxylic acids is 1. The van der Waals surface area contributed by atoms with Crippen LogP contribution in [0, 0.1) is 5.92 Å². The third-order valence-electron chi connectivity index (χ3n) is 5.13. The number of nitrogens with one attached hydrogen (secondary N) is 1. The van der Waals surface area contributed by atoms with E-state index in [4.69, 9.17) is 15.2 Å². The van der Waals surface area contributed by atoms with E-state index in [9.17, 15) is 13.2 Å². The van der Waals surface area contributed by atoms with Crippen LogP contribution in [0.3, 0.4) is 0 Å². The van der Waals surface area contributed by atoms with Crippen molar-refractivity contribution in [2.24, 2.45) is 11.7 Å².